The molecule has 1 atom stereocenters. The van der Waals surface area contributed by atoms with E-state index < -0.39 is 6.10 Å². The van der Waals surface area contributed by atoms with Gasteiger partial charge in [0.1, 0.15) is 0 Å². The number of aliphatic hydroxyl groups excluding tert-OH is 1. The number of aryl methyl sites for hydroxylation is 1. The van der Waals surface area contributed by atoms with Crippen molar-refractivity contribution in [2.24, 2.45) is 0 Å². The summed E-state index contributed by atoms with van der Waals surface area (Å²) in [4.78, 5) is 0. The summed E-state index contributed by atoms with van der Waals surface area (Å²) in [6, 6.07) is 19.9. The summed E-state index contributed by atoms with van der Waals surface area (Å²) < 4.78 is 1.88. The molecule has 1 unspecified atom stereocenters. The number of aromatic nitrogens is 2. The zero-order valence-corrected chi connectivity index (χ0v) is 11.8. The second-order valence-electron chi connectivity index (χ2n) is 5.07. The van der Waals surface area contributed by atoms with Crippen LogP contribution in [0.3, 0.4) is 0 Å². The molecule has 0 spiro atoms. The molecule has 2 aromatic carbocycles. The second kappa shape index (κ2) is 6.37. The maximum absolute atomic E-state index is 10.2. The Balaban J connectivity index is 1.63. The van der Waals surface area contributed by atoms with Crippen molar-refractivity contribution in [2.45, 2.75) is 19.1 Å². The molecule has 0 radical (unpaired) electrons. The standard InChI is InChI=1S/C18H18N2O/c21-18(16-9-5-2-6-10-16)11-12-20-14-17(13-19-20)15-7-3-1-4-8-15/h1-10,13-14,18,21H,11-12H2. The van der Waals surface area contributed by atoms with Crippen LogP contribution < -0.4 is 0 Å². The maximum atomic E-state index is 10.2. The van der Waals surface area contributed by atoms with Gasteiger partial charge in [-0.15, -0.1) is 0 Å². The van der Waals surface area contributed by atoms with Crippen LogP contribution >= 0.6 is 0 Å². The Morgan fingerprint density at radius 1 is 0.905 bits per heavy atom. The molecule has 0 aliphatic heterocycles. The molecule has 3 aromatic rings. The monoisotopic (exact) mass is 278 g/mol. The normalized spacial score (nSPS) is 12.2. The number of hydrogen-bond donors (Lipinski definition) is 1. The van der Waals surface area contributed by atoms with Gasteiger partial charge in [-0.25, -0.2) is 0 Å². The lowest BCUT2D eigenvalue weighted by Crippen LogP contribution is -2.05. The first kappa shape index (κ1) is 13.6. The van der Waals surface area contributed by atoms with Crippen LogP contribution in [0.2, 0.25) is 0 Å². The van der Waals surface area contributed by atoms with Gasteiger partial charge in [0, 0.05) is 18.3 Å². The van der Waals surface area contributed by atoms with E-state index >= 15 is 0 Å². The molecular weight excluding hydrogens is 260 g/mol. The average molecular weight is 278 g/mol. The molecule has 0 saturated carbocycles. The predicted octanol–water partition coefficient (Wildman–Crippen LogP) is 3.67. The van der Waals surface area contributed by atoms with E-state index in [1.165, 1.54) is 0 Å². The van der Waals surface area contributed by atoms with Gasteiger partial charge in [0.15, 0.2) is 0 Å². The molecule has 21 heavy (non-hydrogen) atoms. The zero-order valence-electron chi connectivity index (χ0n) is 11.8. The molecule has 3 heteroatoms. The molecule has 3 nitrogen and oxygen atoms in total. The van der Waals surface area contributed by atoms with Crippen LogP contribution in [0.5, 0.6) is 0 Å². The Morgan fingerprint density at radius 2 is 1.57 bits per heavy atom. The van der Waals surface area contributed by atoms with Gasteiger partial charge in [0.25, 0.3) is 0 Å². The van der Waals surface area contributed by atoms with Gasteiger partial charge in [0.05, 0.1) is 12.3 Å². The fraction of sp³-hybridized carbons (Fsp3) is 0.167. The van der Waals surface area contributed by atoms with Gasteiger partial charge >= 0.3 is 0 Å². The highest BCUT2D eigenvalue weighted by Gasteiger charge is 2.08. The third-order valence-electron chi connectivity index (χ3n) is 3.56. The first-order chi connectivity index (χ1) is 10.3. The lowest BCUT2D eigenvalue weighted by molar-refractivity contribution is 0.159. The molecule has 3 rings (SSSR count). The minimum Gasteiger partial charge on any atom is -0.388 e. The lowest BCUT2D eigenvalue weighted by atomic mass is 10.1. The van der Waals surface area contributed by atoms with E-state index in [1.807, 2.05) is 65.6 Å². The maximum Gasteiger partial charge on any atom is 0.0807 e. The number of rotatable bonds is 5. The Morgan fingerprint density at radius 3 is 2.29 bits per heavy atom. The number of aliphatic hydroxyl groups is 1. The summed E-state index contributed by atoms with van der Waals surface area (Å²) >= 11 is 0. The minimum absolute atomic E-state index is 0.449. The highest BCUT2D eigenvalue weighted by molar-refractivity contribution is 5.61. The third-order valence-corrected chi connectivity index (χ3v) is 3.56. The average Bonchev–Trinajstić information content (AvgIpc) is 3.03. The van der Waals surface area contributed by atoms with Crippen LogP contribution in [-0.2, 0) is 6.54 Å². The van der Waals surface area contributed by atoms with Crippen molar-refractivity contribution in [3.8, 4) is 11.1 Å². The van der Waals surface area contributed by atoms with Crippen LogP contribution in [-0.4, -0.2) is 14.9 Å². The minimum atomic E-state index is -0.449. The Labute approximate surface area is 124 Å². The molecular formula is C18H18N2O. The van der Waals surface area contributed by atoms with Crippen molar-refractivity contribution in [1.29, 1.82) is 0 Å². The van der Waals surface area contributed by atoms with E-state index in [0.717, 1.165) is 16.7 Å². The topological polar surface area (TPSA) is 38.0 Å². The highest BCUT2D eigenvalue weighted by atomic mass is 16.3. The lowest BCUT2D eigenvalue weighted by Gasteiger charge is -2.10. The summed E-state index contributed by atoms with van der Waals surface area (Å²) in [6.45, 7) is 0.697. The van der Waals surface area contributed by atoms with Crippen LogP contribution in [0.25, 0.3) is 11.1 Å². The molecule has 106 valence electrons. The van der Waals surface area contributed by atoms with E-state index in [-0.39, 0.29) is 0 Å². The quantitative estimate of drug-likeness (QED) is 0.773. The van der Waals surface area contributed by atoms with E-state index in [1.54, 1.807) is 0 Å². The summed E-state index contributed by atoms with van der Waals surface area (Å²) in [5.74, 6) is 0. The summed E-state index contributed by atoms with van der Waals surface area (Å²) in [7, 11) is 0. The van der Waals surface area contributed by atoms with Crippen molar-refractivity contribution in [3.05, 3.63) is 78.6 Å². The number of hydrogen-bond acceptors (Lipinski definition) is 2. The van der Waals surface area contributed by atoms with Crippen LogP contribution in [0.15, 0.2) is 73.1 Å². The van der Waals surface area contributed by atoms with Gasteiger partial charge in [-0.1, -0.05) is 60.7 Å². The third kappa shape index (κ3) is 3.38. The first-order valence-electron chi connectivity index (χ1n) is 7.14. The number of benzene rings is 2. The Kier molecular flexibility index (Phi) is 4.12. The molecule has 0 aliphatic rings. The molecule has 0 bridgehead atoms. The Bertz CT molecular complexity index is 677. The smallest absolute Gasteiger partial charge is 0.0807 e. The largest absolute Gasteiger partial charge is 0.388 e. The van der Waals surface area contributed by atoms with Gasteiger partial charge in [-0.3, -0.25) is 4.68 Å². The van der Waals surface area contributed by atoms with Crippen molar-refractivity contribution in [1.82, 2.24) is 9.78 Å². The molecule has 1 aromatic heterocycles. The fourth-order valence-corrected chi connectivity index (χ4v) is 2.36. The van der Waals surface area contributed by atoms with E-state index in [2.05, 4.69) is 17.2 Å². The van der Waals surface area contributed by atoms with Crippen LogP contribution in [0.1, 0.15) is 18.1 Å². The van der Waals surface area contributed by atoms with Gasteiger partial charge < -0.3 is 5.11 Å². The summed E-state index contributed by atoms with van der Waals surface area (Å²) in [5, 5.41) is 14.5. The van der Waals surface area contributed by atoms with Gasteiger partial charge in [-0.05, 0) is 17.5 Å². The highest BCUT2D eigenvalue weighted by Crippen LogP contribution is 2.20. The van der Waals surface area contributed by atoms with E-state index in [0.29, 0.717) is 13.0 Å². The molecule has 0 saturated heterocycles. The first-order valence-corrected chi connectivity index (χ1v) is 7.14. The van der Waals surface area contributed by atoms with Gasteiger partial charge in [-0.2, -0.15) is 5.10 Å². The van der Waals surface area contributed by atoms with Gasteiger partial charge in [0.2, 0.25) is 0 Å². The summed E-state index contributed by atoms with van der Waals surface area (Å²) in [5.41, 5.74) is 3.21. The van der Waals surface area contributed by atoms with Crippen molar-refractivity contribution < 1.29 is 5.11 Å². The molecule has 0 fully saturated rings. The van der Waals surface area contributed by atoms with E-state index in [4.69, 9.17) is 0 Å². The van der Waals surface area contributed by atoms with Crippen molar-refractivity contribution >= 4 is 0 Å². The second-order valence-corrected chi connectivity index (χ2v) is 5.07. The van der Waals surface area contributed by atoms with E-state index in [9.17, 15) is 5.11 Å². The van der Waals surface area contributed by atoms with Crippen LogP contribution in [0.4, 0.5) is 0 Å². The zero-order chi connectivity index (χ0) is 14.5. The molecule has 0 aliphatic carbocycles. The van der Waals surface area contributed by atoms with Crippen LogP contribution in [0, 0.1) is 0 Å². The predicted molar refractivity (Wildman–Crippen MR) is 83.7 cm³/mol. The molecule has 0 amide bonds. The van der Waals surface area contributed by atoms with Crippen molar-refractivity contribution in [2.75, 3.05) is 0 Å². The fourth-order valence-electron chi connectivity index (χ4n) is 2.36. The number of nitrogens with zero attached hydrogens (tertiary/aromatic N) is 2. The summed E-state index contributed by atoms with van der Waals surface area (Å²) in [6.07, 6.45) is 4.09. The Hall–Kier alpha value is -2.39. The molecule has 1 heterocycles. The SMILES string of the molecule is OC(CCn1cc(-c2ccccc2)cn1)c1ccccc1. The van der Waals surface area contributed by atoms with Crippen molar-refractivity contribution in [3.63, 3.8) is 0 Å². The molecule has 1 N–H and O–H groups in total.